The second-order valence-corrected chi connectivity index (χ2v) is 13.0. The molecule has 0 aliphatic heterocycles. The summed E-state index contributed by atoms with van der Waals surface area (Å²) in [6, 6.07) is -0.946. The molecule has 0 fully saturated rings. The van der Waals surface area contributed by atoms with E-state index in [-0.39, 0.29) is 43.9 Å². The first-order chi connectivity index (χ1) is 28.1. The van der Waals surface area contributed by atoms with Gasteiger partial charge in [0.05, 0.1) is 164 Å². The lowest BCUT2D eigenvalue weighted by atomic mass is 9.94. The molecule has 3 atom stereocenters. The summed E-state index contributed by atoms with van der Waals surface area (Å²) in [7, 11) is 1.63. The summed E-state index contributed by atoms with van der Waals surface area (Å²) < 4.78 is 64.7. The van der Waals surface area contributed by atoms with E-state index in [1.165, 1.54) is 13.8 Å². The summed E-state index contributed by atoms with van der Waals surface area (Å²) in [5.41, 5.74) is 0. The topological polar surface area (TPSA) is 228 Å². The number of Topliss-reactive ketones (excluding diaryl/α,β-unsaturated/α-hetero) is 3. The lowest BCUT2D eigenvalue weighted by Crippen LogP contribution is -2.42. The minimum absolute atomic E-state index is 0.0306. The molecule has 58 heavy (non-hydrogen) atoms. The van der Waals surface area contributed by atoms with Crippen LogP contribution >= 0.6 is 0 Å². The third-order valence-electron chi connectivity index (χ3n) is 7.83. The summed E-state index contributed by atoms with van der Waals surface area (Å²) in [5, 5.41) is 11.7. The Bertz CT molecular complexity index is 1030. The molecule has 0 aromatic heterocycles. The largest absolute Gasteiger partial charge is 0.481 e. The second kappa shape index (κ2) is 41.2. The van der Waals surface area contributed by atoms with Crippen molar-refractivity contribution in [2.45, 2.75) is 52.5 Å². The van der Waals surface area contributed by atoms with Crippen molar-refractivity contribution in [3.8, 4) is 0 Å². The molecule has 2 N–H and O–H groups in total. The number of ether oxygens (including phenoxy) is 12. The van der Waals surface area contributed by atoms with Gasteiger partial charge in [0.25, 0.3) is 0 Å². The summed E-state index contributed by atoms with van der Waals surface area (Å²) >= 11 is 0. The Morgan fingerprint density at radius 2 is 0.776 bits per heavy atom. The monoisotopic (exact) mass is 841 g/mol. The maximum absolute atomic E-state index is 12.4. The zero-order chi connectivity index (χ0) is 42.9. The lowest BCUT2D eigenvalue weighted by molar-refractivity contribution is -0.145. The first-order valence-electron chi connectivity index (χ1n) is 20.0. The van der Waals surface area contributed by atoms with Gasteiger partial charge in [-0.2, -0.15) is 0 Å². The van der Waals surface area contributed by atoms with Crippen LogP contribution in [0.4, 0.5) is 0 Å². The Balaban J connectivity index is 3.44. The first-order valence-corrected chi connectivity index (χ1v) is 20.0. The number of carbonyl (C=O) groups is 5. The molecule has 0 spiro atoms. The van der Waals surface area contributed by atoms with Crippen LogP contribution in [0.15, 0.2) is 0 Å². The van der Waals surface area contributed by atoms with Crippen molar-refractivity contribution >= 4 is 29.2 Å². The zero-order valence-corrected chi connectivity index (χ0v) is 35.2. The van der Waals surface area contributed by atoms with Crippen molar-refractivity contribution < 1.29 is 85.9 Å². The van der Waals surface area contributed by atoms with Crippen molar-refractivity contribution in [1.29, 1.82) is 0 Å². The number of ketones is 3. The maximum Gasteiger partial charge on any atom is 0.307 e. The van der Waals surface area contributed by atoms with Crippen molar-refractivity contribution in [2.75, 3.05) is 159 Å². The van der Waals surface area contributed by atoms with Gasteiger partial charge >= 0.3 is 5.97 Å². The standard InChI is InChI=1S/C39H71NO18/c1-32(38(44)40-34(3)37(43)31-35(39(45)46)30-33(2)41)29-36(42)5-6-48-9-10-50-13-14-52-17-18-54-21-22-56-25-26-58-28-27-57-24-23-55-20-19-53-16-15-51-12-11-49-8-7-47-4/h32,34-35H,5-31H2,1-4H3,(H,40,44)(H,45,46)/t32-,34+,35-/m1/s1. The van der Waals surface area contributed by atoms with E-state index < -0.39 is 35.5 Å². The molecule has 19 heteroatoms. The normalized spacial score (nSPS) is 13.0. The van der Waals surface area contributed by atoms with Crippen LogP contribution in [-0.4, -0.2) is 199 Å². The van der Waals surface area contributed by atoms with Gasteiger partial charge < -0.3 is 72.1 Å². The molecule has 0 saturated carbocycles. The first kappa shape index (κ1) is 55.5. The minimum Gasteiger partial charge on any atom is -0.481 e. The predicted molar refractivity (Wildman–Crippen MR) is 208 cm³/mol. The highest BCUT2D eigenvalue weighted by Gasteiger charge is 2.27. The Morgan fingerprint density at radius 3 is 1.07 bits per heavy atom. The molecule has 0 unspecified atom stereocenters. The highest BCUT2D eigenvalue weighted by atomic mass is 16.6. The number of carboxylic acid groups (broad SMARTS) is 1. The average Bonchev–Trinajstić information content (AvgIpc) is 3.18. The van der Waals surface area contributed by atoms with Crippen molar-refractivity contribution in [3.63, 3.8) is 0 Å². The van der Waals surface area contributed by atoms with E-state index in [1.54, 1.807) is 14.0 Å². The predicted octanol–water partition coefficient (Wildman–Crippen LogP) is 0.945. The number of aliphatic carboxylic acids is 1. The Hall–Kier alpha value is -2.53. The SMILES string of the molecule is COCCOCCOCCOCCOCCOCCOCCOCCOCCOCCOCCOCCC(=O)C[C@@H](C)C(=O)N[C@@H](C)C(=O)C[C@@H](CC(C)=O)C(=O)O. The van der Waals surface area contributed by atoms with E-state index in [0.29, 0.717) is 145 Å². The van der Waals surface area contributed by atoms with Crippen LogP contribution in [-0.2, 0) is 80.8 Å². The van der Waals surface area contributed by atoms with Gasteiger partial charge in [0.15, 0.2) is 5.78 Å². The van der Waals surface area contributed by atoms with Gasteiger partial charge in [0.1, 0.15) is 11.6 Å². The molecular formula is C39H71NO18. The van der Waals surface area contributed by atoms with Gasteiger partial charge in [-0.15, -0.1) is 0 Å². The fourth-order valence-electron chi connectivity index (χ4n) is 4.62. The minimum atomic E-state index is -1.24. The van der Waals surface area contributed by atoms with Gasteiger partial charge in [-0.1, -0.05) is 6.92 Å². The van der Waals surface area contributed by atoms with E-state index in [2.05, 4.69) is 5.32 Å². The molecule has 0 bridgehead atoms. The fourth-order valence-corrected chi connectivity index (χ4v) is 4.62. The molecule has 1 amide bonds. The van der Waals surface area contributed by atoms with Gasteiger partial charge in [-0.3, -0.25) is 19.2 Å². The highest BCUT2D eigenvalue weighted by molar-refractivity contribution is 5.93. The Labute approximate surface area is 343 Å². The number of carboxylic acids is 1. The number of amides is 1. The molecule has 0 rings (SSSR count). The Morgan fingerprint density at radius 1 is 0.466 bits per heavy atom. The van der Waals surface area contributed by atoms with Gasteiger partial charge in [-0.25, -0.2) is 0 Å². The van der Waals surface area contributed by atoms with Crippen LogP contribution in [0.2, 0.25) is 0 Å². The molecule has 0 aromatic carbocycles. The fraction of sp³-hybridized carbons (Fsp3) is 0.872. The summed E-state index contributed by atoms with van der Waals surface area (Å²) in [5.74, 6) is -4.57. The average molecular weight is 842 g/mol. The molecule has 0 aliphatic carbocycles. The third-order valence-corrected chi connectivity index (χ3v) is 7.83. The van der Waals surface area contributed by atoms with Crippen LogP contribution in [0.1, 0.15) is 46.5 Å². The van der Waals surface area contributed by atoms with Crippen LogP contribution < -0.4 is 5.32 Å². The van der Waals surface area contributed by atoms with Crippen molar-refractivity contribution in [3.05, 3.63) is 0 Å². The van der Waals surface area contributed by atoms with E-state index >= 15 is 0 Å². The zero-order valence-electron chi connectivity index (χ0n) is 35.2. The molecule has 0 heterocycles. The number of carbonyl (C=O) groups excluding carboxylic acids is 4. The van der Waals surface area contributed by atoms with Crippen molar-refractivity contribution in [2.24, 2.45) is 11.8 Å². The van der Waals surface area contributed by atoms with E-state index in [1.807, 2.05) is 0 Å². The smallest absolute Gasteiger partial charge is 0.307 e. The summed E-state index contributed by atoms with van der Waals surface area (Å²) in [6.07, 6.45) is -0.540. The van der Waals surface area contributed by atoms with Gasteiger partial charge in [0, 0.05) is 38.7 Å². The molecule has 0 aromatic rings. The summed E-state index contributed by atoms with van der Waals surface area (Å²) in [4.78, 5) is 59.7. The highest BCUT2D eigenvalue weighted by Crippen LogP contribution is 2.13. The molecule has 0 aliphatic rings. The number of methoxy groups -OCH3 is 1. The number of hydrogen-bond donors (Lipinski definition) is 2. The van der Waals surface area contributed by atoms with Gasteiger partial charge in [0.2, 0.25) is 5.91 Å². The molecule has 0 saturated heterocycles. The van der Waals surface area contributed by atoms with E-state index in [0.717, 1.165) is 0 Å². The Kier molecular flexibility index (Phi) is 39.4. The molecular weight excluding hydrogens is 770 g/mol. The third kappa shape index (κ3) is 37.7. The van der Waals surface area contributed by atoms with Gasteiger partial charge in [-0.05, 0) is 13.8 Å². The van der Waals surface area contributed by atoms with Crippen LogP contribution in [0.3, 0.4) is 0 Å². The second-order valence-electron chi connectivity index (χ2n) is 13.0. The molecule has 0 radical (unpaired) electrons. The summed E-state index contributed by atoms with van der Waals surface area (Å²) in [6.45, 7) is 14.7. The van der Waals surface area contributed by atoms with Crippen LogP contribution in [0.25, 0.3) is 0 Å². The quantitative estimate of drug-likeness (QED) is 0.0813. The number of hydrogen-bond acceptors (Lipinski definition) is 17. The lowest BCUT2D eigenvalue weighted by Gasteiger charge is -2.18. The number of nitrogens with one attached hydrogen (secondary N) is 1. The number of rotatable bonds is 46. The van der Waals surface area contributed by atoms with Crippen LogP contribution in [0, 0.1) is 11.8 Å². The van der Waals surface area contributed by atoms with Crippen LogP contribution in [0.5, 0.6) is 0 Å². The van der Waals surface area contributed by atoms with E-state index in [4.69, 9.17) is 56.8 Å². The van der Waals surface area contributed by atoms with Crippen molar-refractivity contribution in [1.82, 2.24) is 5.32 Å². The molecule has 19 nitrogen and oxygen atoms in total. The van der Waals surface area contributed by atoms with E-state index in [9.17, 15) is 29.1 Å². The maximum atomic E-state index is 12.4. The molecule has 340 valence electrons.